The molecule has 4 rings (SSSR count). The van der Waals surface area contributed by atoms with Crippen molar-refractivity contribution in [3.05, 3.63) is 112 Å². The number of hydrogen-bond acceptors (Lipinski definition) is 6. The number of aromatic nitrogens is 1. The second kappa shape index (κ2) is 12.1. The molecule has 0 fully saturated rings. The molecule has 0 bridgehead atoms. The van der Waals surface area contributed by atoms with Crippen LogP contribution in [0.15, 0.2) is 70.6 Å². The molecule has 43 heavy (non-hydrogen) atoms. The average molecular weight is 645 g/mol. The van der Waals surface area contributed by atoms with Gasteiger partial charge in [0.15, 0.2) is 28.2 Å². The molecule has 226 valence electrons. The van der Waals surface area contributed by atoms with Crippen molar-refractivity contribution in [2.45, 2.75) is 23.3 Å². The Morgan fingerprint density at radius 1 is 0.791 bits per heavy atom. The van der Waals surface area contributed by atoms with Crippen LogP contribution in [-0.2, 0) is 26.6 Å². The first-order valence-corrected chi connectivity index (χ1v) is 14.7. The molecule has 0 atom stereocenters. The van der Waals surface area contributed by atoms with Gasteiger partial charge in [0.1, 0.15) is 10.7 Å². The van der Waals surface area contributed by atoms with Crippen LogP contribution in [-0.4, -0.2) is 27.7 Å². The number of halogens is 6. The van der Waals surface area contributed by atoms with Crippen LogP contribution in [0, 0.1) is 41.8 Å². The van der Waals surface area contributed by atoms with E-state index in [2.05, 4.69) is 4.98 Å². The van der Waals surface area contributed by atoms with Crippen molar-refractivity contribution >= 4 is 26.0 Å². The van der Waals surface area contributed by atoms with Gasteiger partial charge in [-0.05, 0) is 60.5 Å². The van der Waals surface area contributed by atoms with Crippen LogP contribution >= 0.6 is 0 Å². The van der Waals surface area contributed by atoms with Crippen molar-refractivity contribution in [3.8, 4) is 11.3 Å². The number of benzene rings is 3. The lowest BCUT2D eigenvalue weighted by atomic mass is 10.0. The quantitative estimate of drug-likeness (QED) is 0.109. The van der Waals surface area contributed by atoms with Crippen molar-refractivity contribution in [2.24, 2.45) is 0 Å². The molecule has 0 saturated heterocycles. The van der Waals surface area contributed by atoms with E-state index in [1.165, 1.54) is 42.6 Å². The summed E-state index contributed by atoms with van der Waals surface area (Å²) >= 11 is 0. The predicted molar refractivity (Wildman–Crippen MR) is 139 cm³/mol. The zero-order valence-corrected chi connectivity index (χ0v) is 23.2. The van der Waals surface area contributed by atoms with E-state index in [1.807, 2.05) is 5.43 Å². The fraction of sp³-hybridized carbons (Fsp3) is 0.0769. The third-order valence-electron chi connectivity index (χ3n) is 5.79. The summed E-state index contributed by atoms with van der Waals surface area (Å²) < 4.78 is 134. The first-order valence-electron chi connectivity index (χ1n) is 11.8. The lowest BCUT2D eigenvalue weighted by molar-refractivity contribution is 0.0945. The number of carbonyl (C=O) groups is 1. The van der Waals surface area contributed by atoms with Crippen molar-refractivity contribution in [2.75, 3.05) is 0 Å². The topological polar surface area (TPSA) is 134 Å². The van der Waals surface area contributed by atoms with Crippen LogP contribution in [0.2, 0.25) is 0 Å². The first-order chi connectivity index (χ1) is 20.1. The van der Waals surface area contributed by atoms with E-state index in [1.54, 1.807) is 22.5 Å². The van der Waals surface area contributed by atoms with Gasteiger partial charge in [-0.2, -0.15) is 0 Å². The molecular weight excluding hydrogens is 626 g/mol. The van der Waals surface area contributed by atoms with Crippen molar-refractivity contribution in [1.82, 2.24) is 20.0 Å². The SMILES string of the molecule is Cc1cc(C(=O)NNS(=O)(=O)c2ccccc2F)cc(-c2cc(CNS(=O)(=O)c3c(F)c(F)c(F)c(F)c3F)ccn2)c1. The summed E-state index contributed by atoms with van der Waals surface area (Å²) in [5.41, 5.74) is 3.04. The Labute approximate surface area is 240 Å². The molecule has 3 N–H and O–H groups in total. The molecule has 1 aromatic heterocycles. The van der Waals surface area contributed by atoms with E-state index in [9.17, 15) is 48.0 Å². The molecule has 0 aliphatic carbocycles. The Kier molecular flexibility index (Phi) is 8.91. The highest BCUT2D eigenvalue weighted by Gasteiger charge is 2.33. The zero-order valence-electron chi connectivity index (χ0n) is 21.6. The second-order valence-electron chi connectivity index (χ2n) is 8.85. The van der Waals surface area contributed by atoms with Gasteiger partial charge in [-0.25, -0.2) is 47.9 Å². The summed E-state index contributed by atoms with van der Waals surface area (Å²) in [6.07, 6.45) is 1.22. The lowest BCUT2D eigenvalue weighted by Crippen LogP contribution is -2.41. The first kappa shape index (κ1) is 31.6. The van der Waals surface area contributed by atoms with Gasteiger partial charge < -0.3 is 0 Å². The van der Waals surface area contributed by atoms with E-state index < -0.39 is 77.2 Å². The number of rotatable bonds is 9. The van der Waals surface area contributed by atoms with Crippen LogP contribution in [0.3, 0.4) is 0 Å². The van der Waals surface area contributed by atoms with Gasteiger partial charge >= 0.3 is 0 Å². The minimum absolute atomic E-state index is 0.0505. The zero-order chi connectivity index (χ0) is 31.7. The largest absolute Gasteiger partial charge is 0.273 e. The summed E-state index contributed by atoms with van der Waals surface area (Å²) in [5, 5.41) is 0. The molecule has 1 heterocycles. The van der Waals surface area contributed by atoms with Crippen LogP contribution in [0.5, 0.6) is 0 Å². The van der Waals surface area contributed by atoms with Crippen molar-refractivity contribution in [3.63, 3.8) is 0 Å². The smallest absolute Gasteiger partial charge is 0.266 e. The standard InChI is InChI=1S/C26H18F6N4O5S2/c1-13-8-15(11-16(9-13)26(37)35-36-42(38,39)19-5-3-2-4-17(19)27)18-10-14(6-7-33-18)12-34-43(40,41)25-23(31)21(29)20(28)22(30)24(25)32/h2-11,34,36H,12H2,1H3,(H,35,37). The van der Waals surface area contributed by atoms with Gasteiger partial charge in [0, 0.05) is 23.9 Å². The minimum atomic E-state index is -5.22. The van der Waals surface area contributed by atoms with E-state index in [0.29, 0.717) is 11.1 Å². The number of hydrogen-bond donors (Lipinski definition) is 3. The summed E-state index contributed by atoms with van der Waals surface area (Å²) in [5.74, 6) is -14.4. The number of hydrazine groups is 1. The molecule has 0 aliphatic heterocycles. The normalized spacial score (nSPS) is 11.9. The number of aryl methyl sites for hydroxylation is 1. The molecule has 3 aromatic carbocycles. The third-order valence-corrected chi connectivity index (χ3v) is 8.49. The maximum Gasteiger partial charge on any atom is 0.266 e. The molecule has 0 saturated carbocycles. The maximum absolute atomic E-state index is 14.0. The molecule has 0 aliphatic rings. The summed E-state index contributed by atoms with van der Waals surface area (Å²) in [7, 11) is -9.68. The molecule has 0 unspecified atom stereocenters. The molecule has 4 aromatic rings. The van der Waals surface area contributed by atoms with Gasteiger partial charge in [0.05, 0.1) is 5.69 Å². The molecule has 17 heteroatoms. The number of sulfonamides is 2. The van der Waals surface area contributed by atoms with Gasteiger partial charge in [-0.1, -0.05) is 12.1 Å². The van der Waals surface area contributed by atoms with Crippen LogP contribution in [0.4, 0.5) is 26.3 Å². The second-order valence-corrected chi connectivity index (χ2v) is 12.2. The summed E-state index contributed by atoms with van der Waals surface area (Å²) in [6, 6.07) is 11.4. The molecule has 0 spiro atoms. The summed E-state index contributed by atoms with van der Waals surface area (Å²) in [4.78, 5) is 15.9. The molecule has 9 nitrogen and oxygen atoms in total. The van der Waals surface area contributed by atoms with E-state index in [0.717, 1.165) is 12.1 Å². The van der Waals surface area contributed by atoms with Crippen LogP contribution in [0.25, 0.3) is 11.3 Å². The van der Waals surface area contributed by atoms with Gasteiger partial charge in [-0.3, -0.25) is 15.2 Å². The van der Waals surface area contributed by atoms with Crippen molar-refractivity contribution in [1.29, 1.82) is 0 Å². The molecule has 0 radical (unpaired) electrons. The number of amides is 1. The number of carbonyl (C=O) groups excluding carboxylic acids is 1. The van der Waals surface area contributed by atoms with E-state index in [4.69, 9.17) is 0 Å². The Bertz CT molecular complexity index is 1950. The fourth-order valence-corrected chi connectivity index (χ4v) is 5.85. The highest BCUT2D eigenvalue weighted by atomic mass is 32.2. The van der Waals surface area contributed by atoms with Crippen LogP contribution in [0.1, 0.15) is 21.5 Å². The van der Waals surface area contributed by atoms with Crippen molar-refractivity contribution < 1.29 is 48.0 Å². The highest BCUT2D eigenvalue weighted by molar-refractivity contribution is 7.89. The maximum atomic E-state index is 14.0. The van der Waals surface area contributed by atoms with Crippen LogP contribution < -0.4 is 15.0 Å². The Hall–Kier alpha value is -4.32. The number of pyridine rings is 1. The Balaban J connectivity index is 1.54. The minimum Gasteiger partial charge on any atom is -0.273 e. The number of nitrogens with one attached hydrogen (secondary N) is 3. The third kappa shape index (κ3) is 6.69. The van der Waals surface area contributed by atoms with E-state index in [-0.39, 0.29) is 16.8 Å². The summed E-state index contributed by atoms with van der Waals surface area (Å²) in [6.45, 7) is 0.945. The average Bonchev–Trinajstić information content (AvgIpc) is 2.97. The molecule has 1 amide bonds. The van der Waals surface area contributed by atoms with E-state index >= 15 is 0 Å². The van der Waals surface area contributed by atoms with Gasteiger partial charge in [0.2, 0.25) is 15.8 Å². The van der Waals surface area contributed by atoms with Gasteiger partial charge in [-0.15, -0.1) is 4.83 Å². The Morgan fingerprint density at radius 2 is 1.42 bits per heavy atom. The highest BCUT2D eigenvalue weighted by Crippen LogP contribution is 2.27. The Morgan fingerprint density at radius 3 is 2.07 bits per heavy atom. The van der Waals surface area contributed by atoms with Gasteiger partial charge in [0.25, 0.3) is 15.9 Å². The molecular formula is C26H18F6N4O5S2. The monoisotopic (exact) mass is 644 g/mol. The fourth-order valence-electron chi connectivity index (χ4n) is 3.78. The predicted octanol–water partition coefficient (Wildman–Crippen LogP) is 3.99. The number of nitrogens with zero attached hydrogens (tertiary/aromatic N) is 1. The lowest BCUT2D eigenvalue weighted by Gasteiger charge is -2.12.